The van der Waals surface area contributed by atoms with Crippen molar-refractivity contribution >= 4 is 11.3 Å². The minimum Gasteiger partial charge on any atom is -0.309 e. The molecule has 1 aliphatic carbocycles. The van der Waals surface area contributed by atoms with Crippen molar-refractivity contribution in [1.82, 2.24) is 5.32 Å². The second-order valence-corrected chi connectivity index (χ2v) is 5.47. The molecule has 1 aromatic heterocycles. The molecule has 1 aromatic carbocycles. The monoisotopic (exact) mass is 243 g/mol. The van der Waals surface area contributed by atoms with Gasteiger partial charge in [0.05, 0.1) is 0 Å². The molecular weight excluding hydrogens is 226 g/mol. The highest BCUT2D eigenvalue weighted by molar-refractivity contribution is 7.07. The summed E-state index contributed by atoms with van der Waals surface area (Å²) in [6.45, 7) is 1.95. The quantitative estimate of drug-likeness (QED) is 0.866. The highest BCUT2D eigenvalue weighted by Crippen LogP contribution is 2.22. The van der Waals surface area contributed by atoms with Crippen LogP contribution < -0.4 is 5.32 Å². The molecule has 17 heavy (non-hydrogen) atoms. The Bertz CT molecular complexity index is 488. The molecule has 1 nitrogen and oxygen atoms in total. The van der Waals surface area contributed by atoms with Gasteiger partial charge < -0.3 is 5.32 Å². The van der Waals surface area contributed by atoms with E-state index in [9.17, 15) is 0 Å². The van der Waals surface area contributed by atoms with Gasteiger partial charge in [0.15, 0.2) is 0 Å². The Labute approximate surface area is 106 Å². The van der Waals surface area contributed by atoms with E-state index >= 15 is 0 Å². The maximum atomic E-state index is 3.50. The number of hydrogen-bond acceptors (Lipinski definition) is 2. The van der Waals surface area contributed by atoms with Crippen LogP contribution in [0.15, 0.2) is 35.0 Å². The maximum Gasteiger partial charge on any atom is 0.0216 e. The molecule has 1 N–H and O–H groups in total. The topological polar surface area (TPSA) is 12.0 Å². The van der Waals surface area contributed by atoms with Crippen molar-refractivity contribution in [3.63, 3.8) is 0 Å². The lowest BCUT2D eigenvalue weighted by Gasteiger charge is -2.06. The zero-order valence-corrected chi connectivity index (χ0v) is 10.7. The summed E-state index contributed by atoms with van der Waals surface area (Å²) < 4.78 is 0. The molecule has 0 radical (unpaired) electrons. The predicted octanol–water partition coefficient (Wildman–Crippen LogP) is 3.53. The van der Waals surface area contributed by atoms with Crippen molar-refractivity contribution in [2.45, 2.75) is 32.4 Å². The number of rotatable bonds is 4. The smallest absolute Gasteiger partial charge is 0.0216 e. The molecule has 0 saturated heterocycles. The molecule has 88 valence electrons. The van der Waals surface area contributed by atoms with E-state index in [1.807, 2.05) is 0 Å². The fraction of sp³-hybridized carbons (Fsp3) is 0.333. The number of thiophene rings is 1. The van der Waals surface area contributed by atoms with Crippen LogP contribution in [0, 0.1) is 0 Å². The molecule has 0 unspecified atom stereocenters. The average Bonchev–Trinajstić information content (AvgIpc) is 2.98. The highest BCUT2D eigenvalue weighted by Gasteiger charge is 2.10. The largest absolute Gasteiger partial charge is 0.309 e. The van der Waals surface area contributed by atoms with Gasteiger partial charge in [-0.1, -0.05) is 18.2 Å². The van der Waals surface area contributed by atoms with Gasteiger partial charge >= 0.3 is 0 Å². The Morgan fingerprint density at radius 2 is 1.88 bits per heavy atom. The SMILES string of the molecule is c1cc(CNCc2ccc3c(c2)CCC3)cs1. The van der Waals surface area contributed by atoms with E-state index in [0.29, 0.717) is 0 Å². The van der Waals surface area contributed by atoms with Crippen molar-refractivity contribution in [3.05, 3.63) is 57.3 Å². The minimum atomic E-state index is 0.973. The zero-order chi connectivity index (χ0) is 11.5. The molecule has 3 rings (SSSR count). The van der Waals surface area contributed by atoms with Crippen LogP contribution in [0.2, 0.25) is 0 Å². The first-order chi connectivity index (χ1) is 8.42. The van der Waals surface area contributed by atoms with Crippen LogP contribution in [0.25, 0.3) is 0 Å². The summed E-state index contributed by atoms with van der Waals surface area (Å²) in [4.78, 5) is 0. The number of aryl methyl sites for hydroxylation is 2. The van der Waals surface area contributed by atoms with E-state index in [-0.39, 0.29) is 0 Å². The third kappa shape index (κ3) is 2.59. The molecular formula is C15H17NS. The molecule has 0 aliphatic heterocycles. The van der Waals surface area contributed by atoms with E-state index in [2.05, 4.69) is 40.3 Å². The fourth-order valence-electron chi connectivity index (χ4n) is 2.48. The summed E-state index contributed by atoms with van der Waals surface area (Å²) in [7, 11) is 0. The summed E-state index contributed by atoms with van der Waals surface area (Å²) >= 11 is 1.76. The van der Waals surface area contributed by atoms with Gasteiger partial charge in [0.1, 0.15) is 0 Å². The molecule has 1 heterocycles. The van der Waals surface area contributed by atoms with Gasteiger partial charge in [0.25, 0.3) is 0 Å². The van der Waals surface area contributed by atoms with E-state index in [4.69, 9.17) is 0 Å². The second-order valence-electron chi connectivity index (χ2n) is 4.69. The normalized spacial score (nSPS) is 13.9. The summed E-state index contributed by atoms with van der Waals surface area (Å²) in [5, 5.41) is 7.84. The maximum absolute atomic E-state index is 3.50. The van der Waals surface area contributed by atoms with Gasteiger partial charge in [-0.15, -0.1) is 0 Å². The minimum absolute atomic E-state index is 0.973. The van der Waals surface area contributed by atoms with Crippen molar-refractivity contribution in [3.8, 4) is 0 Å². The van der Waals surface area contributed by atoms with Crippen LogP contribution in [0.1, 0.15) is 28.7 Å². The van der Waals surface area contributed by atoms with Crippen molar-refractivity contribution in [2.24, 2.45) is 0 Å². The standard InChI is InChI=1S/C15H17NS/c1-2-14-5-4-12(8-15(14)3-1)9-16-10-13-6-7-17-11-13/h4-8,11,16H,1-3,9-10H2. The summed E-state index contributed by atoms with van der Waals surface area (Å²) in [5.41, 5.74) is 5.93. The molecule has 0 atom stereocenters. The van der Waals surface area contributed by atoms with Crippen molar-refractivity contribution < 1.29 is 0 Å². The molecule has 0 saturated carbocycles. The molecule has 0 bridgehead atoms. The Morgan fingerprint density at radius 1 is 1.00 bits per heavy atom. The molecule has 0 fully saturated rings. The molecule has 1 aliphatic rings. The van der Waals surface area contributed by atoms with Crippen LogP contribution in [0.3, 0.4) is 0 Å². The zero-order valence-electron chi connectivity index (χ0n) is 9.91. The lowest BCUT2D eigenvalue weighted by atomic mass is 10.1. The van der Waals surface area contributed by atoms with Gasteiger partial charge in [-0.2, -0.15) is 11.3 Å². The first-order valence-electron chi connectivity index (χ1n) is 6.24. The third-order valence-electron chi connectivity index (χ3n) is 3.40. The van der Waals surface area contributed by atoms with Crippen molar-refractivity contribution in [2.75, 3.05) is 0 Å². The second kappa shape index (κ2) is 5.03. The lowest BCUT2D eigenvalue weighted by molar-refractivity contribution is 0.694. The number of hydrogen-bond donors (Lipinski definition) is 1. The van der Waals surface area contributed by atoms with Crippen LogP contribution >= 0.6 is 11.3 Å². The first kappa shape index (κ1) is 11.0. The number of fused-ring (bicyclic) bond motifs is 1. The lowest BCUT2D eigenvalue weighted by Crippen LogP contribution is -2.12. The van der Waals surface area contributed by atoms with Gasteiger partial charge in [0, 0.05) is 13.1 Å². The van der Waals surface area contributed by atoms with E-state index in [1.54, 1.807) is 22.5 Å². The summed E-state index contributed by atoms with van der Waals surface area (Å²) in [6.07, 6.45) is 3.88. The van der Waals surface area contributed by atoms with Gasteiger partial charge in [-0.25, -0.2) is 0 Å². The van der Waals surface area contributed by atoms with Gasteiger partial charge in [-0.05, 0) is 58.3 Å². The summed E-state index contributed by atoms with van der Waals surface area (Å²) in [6, 6.07) is 9.14. The first-order valence-corrected chi connectivity index (χ1v) is 7.18. The third-order valence-corrected chi connectivity index (χ3v) is 4.13. The Kier molecular flexibility index (Phi) is 3.25. The molecule has 2 aromatic rings. The Balaban J connectivity index is 1.58. The van der Waals surface area contributed by atoms with Crippen LogP contribution in [-0.4, -0.2) is 0 Å². The van der Waals surface area contributed by atoms with Crippen LogP contribution in [-0.2, 0) is 25.9 Å². The van der Waals surface area contributed by atoms with Crippen LogP contribution in [0.4, 0.5) is 0 Å². The summed E-state index contributed by atoms with van der Waals surface area (Å²) in [5.74, 6) is 0. The van der Waals surface area contributed by atoms with E-state index < -0.39 is 0 Å². The highest BCUT2D eigenvalue weighted by atomic mass is 32.1. The molecule has 0 amide bonds. The van der Waals surface area contributed by atoms with Gasteiger partial charge in [-0.3, -0.25) is 0 Å². The predicted molar refractivity (Wildman–Crippen MR) is 73.3 cm³/mol. The molecule has 0 spiro atoms. The van der Waals surface area contributed by atoms with Gasteiger partial charge in [0.2, 0.25) is 0 Å². The fourth-order valence-corrected chi connectivity index (χ4v) is 3.15. The van der Waals surface area contributed by atoms with Crippen LogP contribution in [0.5, 0.6) is 0 Å². The average molecular weight is 243 g/mol. The number of benzene rings is 1. The molecule has 2 heteroatoms. The van der Waals surface area contributed by atoms with E-state index in [1.165, 1.54) is 30.4 Å². The van der Waals surface area contributed by atoms with Crippen molar-refractivity contribution in [1.29, 1.82) is 0 Å². The Hall–Kier alpha value is -1.12. The Morgan fingerprint density at radius 3 is 2.76 bits per heavy atom. The van der Waals surface area contributed by atoms with E-state index in [0.717, 1.165) is 13.1 Å². The number of nitrogens with one attached hydrogen (secondary N) is 1.